The summed E-state index contributed by atoms with van der Waals surface area (Å²) in [7, 11) is 0. The Bertz CT molecular complexity index is 1250. The van der Waals surface area contributed by atoms with Gasteiger partial charge in [-0.1, -0.05) is 41.4 Å². The molecular weight excluding hydrogens is 438 g/mol. The van der Waals surface area contributed by atoms with E-state index in [-0.39, 0.29) is 11.3 Å². The van der Waals surface area contributed by atoms with E-state index in [0.29, 0.717) is 32.5 Å². The number of amides is 2. The van der Waals surface area contributed by atoms with Crippen molar-refractivity contribution in [1.82, 2.24) is 0 Å². The molecule has 2 amide bonds. The number of hydrogen-bond donors (Lipinski definition) is 1. The van der Waals surface area contributed by atoms with Crippen LogP contribution in [0.1, 0.15) is 16.7 Å². The fraction of sp³-hybridized carbons (Fsp3) is 0.0833. The van der Waals surface area contributed by atoms with E-state index >= 15 is 0 Å². The first-order valence-electron chi connectivity index (χ1n) is 9.44. The summed E-state index contributed by atoms with van der Waals surface area (Å²) >= 11 is 12.2. The van der Waals surface area contributed by atoms with Gasteiger partial charge in [0.2, 0.25) is 0 Å². The number of hydrogen-bond acceptors (Lipinski definition) is 3. The van der Waals surface area contributed by atoms with Gasteiger partial charge in [-0.05, 0) is 73.0 Å². The second-order valence-corrected chi connectivity index (χ2v) is 8.09. The number of anilines is 2. The fourth-order valence-electron chi connectivity index (χ4n) is 3.48. The van der Waals surface area contributed by atoms with Crippen molar-refractivity contribution in [2.45, 2.75) is 13.8 Å². The highest BCUT2D eigenvalue weighted by atomic mass is 35.5. The second kappa shape index (κ2) is 8.17. The van der Waals surface area contributed by atoms with Gasteiger partial charge in [-0.3, -0.25) is 9.59 Å². The lowest BCUT2D eigenvalue weighted by molar-refractivity contribution is -0.120. The molecule has 4 nitrogen and oxygen atoms in total. The number of rotatable bonds is 4. The molecule has 0 saturated heterocycles. The Morgan fingerprint density at radius 2 is 1.45 bits per heavy atom. The quantitative estimate of drug-likeness (QED) is 0.481. The third-order valence-electron chi connectivity index (χ3n) is 5.08. The molecule has 0 bridgehead atoms. The van der Waals surface area contributed by atoms with E-state index in [4.69, 9.17) is 23.2 Å². The molecule has 31 heavy (non-hydrogen) atoms. The molecule has 4 rings (SSSR count). The second-order valence-electron chi connectivity index (χ2n) is 7.22. The Morgan fingerprint density at radius 1 is 0.806 bits per heavy atom. The molecule has 0 spiro atoms. The number of nitrogens with one attached hydrogen (secondary N) is 1. The van der Waals surface area contributed by atoms with Gasteiger partial charge in [-0.2, -0.15) is 0 Å². The summed E-state index contributed by atoms with van der Waals surface area (Å²) in [6, 6.07) is 15.6. The maximum atomic E-state index is 13.5. The SMILES string of the molecule is Cc1ccc(Cl)cc1NC1=C(c2ccc(F)cc2)C(=O)N(c2ccc(Cl)cc2C)C1=O. The Morgan fingerprint density at radius 3 is 2.13 bits per heavy atom. The average molecular weight is 455 g/mol. The van der Waals surface area contributed by atoms with Gasteiger partial charge in [0.05, 0.1) is 11.3 Å². The van der Waals surface area contributed by atoms with Crippen LogP contribution in [-0.2, 0) is 9.59 Å². The predicted molar refractivity (Wildman–Crippen MR) is 122 cm³/mol. The van der Waals surface area contributed by atoms with Gasteiger partial charge in [0.1, 0.15) is 11.5 Å². The number of halogens is 3. The van der Waals surface area contributed by atoms with Gasteiger partial charge in [-0.25, -0.2) is 9.29 Å². The molecule has 0 saturated carbocycles. The number of aryl methyl sites for hydroxylation is 2. The Balaban J connectivity index is 1.87. The molecule has 1 N–H and O–H groups in total. The van der Waals surface area contributed by atoms with Crippen molar-refractivity contribution in [3.05, 3.63) is 98.9 Å². The van der Waals surface area contributed by atoms with E-state index in [2.05, 4.69) is 5.32 Å². The monoisotopic (exact) mass is 454 g/mol. The molecule has 0 atom stereocenters. The minimum absolute atomic E-state index is 0.0938. The average Bonchev–Trinajstić information content (AvgIpc) is 2.96. The van der Waals surface area contributed by atoms with Crippen molar-refractivity contribution in [1.29, 1.82) is 0 Å². The van der Waals surface area contributed by atoms with Gasteiger partial charge < -0.3 is 5.32 Å². The number of carbonyl (C=O) groups is 2. The van der Waals surface area contributed by atoms with Crippen molar-refractivity contribution >= 4 is 52.0 Å². The van der Waals surface area contributed by atoms with Crippen LogP contribution in [0.15, 0.2) is 66.4 Å². The zero-order chi connectivity index (χ0) is 22.3. The molecule has 3 aromatic carbocycles. The number of carbonyl (C=O) groups excluding carboxylic acids is 2. The topological polar surface area (TPSA) is 49.4 Å². The molecule has 0 aromatic heterocycles. The lowest BCUT2D eigenvalue weighted by Crippen LogP contribution is -2.33. The zero-order valence-electron chi connectivity index (χ0n) is 16.7. The molecule has 0 fully saturated rings. The van der Waals surface area contributed by atoms with Crippen molar-refractivity contribution < 1.29 is 14.0 Å². The van der Waals surface area contributed by atoms with E-state index in [1.54, 1.807) is 37.3 Å². The summed E-state index contributed by atoms with van der Waals surface area (Å²) in [5, 5.41) is 4.07. The maximum Gasteiger partial charge on any atom is 0.282 e. The Hall–Kier alpha value is -3.15. The minimum Gasteiger partial charge on any atom is -0.350 e. The first-order chi connectivity index (χ1) is 14.8. The van der Waals surface area contributed by atoms with Crippen LogP contribution in [0.3, 0.4) is 0 Å². The maximum absolute atomic E-state index is 13.5. The van der Waals surface area contributed by atoms with Crippen LogP contribution >= 0.6 is 23.2 Å². The summed E-state index contributed by atoms with van der Waals surface area (Å²) in [5.74, 6) is -1.47. The van der Waals surface area contributed by atoms with Crippen LogP contribution in [0.25, 0.3) is 5.57 Å². The van der Waals surface area contributed by atoms with E-state index < -0.39 is 17.6 Å². The van der Waals surface area contributed by atoms with Gasteiger partial charge in [0, 0.05) is 15.7 Å². The van der Waals surface area contributed by atoms with E-state index in [1.807, 2.05) is 13.0 Å². The minimum atomic E-state index is -0.519. The highest BCUT2D eigenvalue weighted by molar-refractivity contribution is 6.46. The van der Waals surface area contributed by atoms with Crippen LogP contribution in [0, 0.1) is 19.7 Å². The smallest absolute Gasteiger partial charge is 0.282 e. The molecule has 0 unspecified atom stereocenters. The first kappa shape index (κ1) is 21.1. The van der Waals surface area contributed by atoms with Gasteiger partial charge in [0.15, 0.2) is 0 Å². The summed E-state index contributed by atoms with van der Waals surface area (Å²) in [6.45, 7) is 3.63. The van der Waals surface area contributed by atoms with Crippen molar-refractivity contribution in [3.63, 3.8) is 0 Å². The zero-order valence-corrected chi connectivity index (χ0v) is 18.2. The number of benzene rings is 3. The first-order valence-corrected chi connectivity index (χ1v) is 10.2. The number of nitrogens with zero attached hydrogens (tertiary/aromatic N) is 1. The third-order valence-corrected chi connectivity index (χ3v) is 5.55. The van der Waals surface area contributed by atoms with Gasteiger partial charge >= 0.3 is 0 Å². The van der Waals surface area contributed by atoms with E-state index in [9.17, 15) is 14.0 Å². The Labute approximate surface area is 188 Å². The highest BCUT2D eigenvalue weighted by Gasteiger charge is 2.41. The lowest BCUT2D eigenvalue weighted by Gasteiger charge is -2.18. The van der Waals surface area contributed by atoms with Gasteiger partial charge in [-0.15, -0.1) is 0 Å². The van der Waals surface area contributed by atoms with E-state index in [0.717, 1.165) is 10.5 Å². The molecule has 1 heterocycles. The largest absolute Gasteiger partial charge is 0.350 e. The standard InChI is InChI=1S/C24H17Cl2FN2O2/c1-13-3-6-17(26)12-19(13)28-22-21(15-4-8-18(27)9-5-15)23(30)29(24(22)31)20-10-7-16(25)11-14(20)2/h3-12,28H,1-2H3. The summed E-state index contributed by atoms with van der Waals surface area (Å²) in [5.41, 5.74) is 3.22. The van der Waals surface area contributed by atoms with Crippen LogP contribution in [0.4, 0.5) is 15.8 Å². The van der Waals surface area contributed by atoms with Crippen molar-refractivity contribution in [3.8, 4) is 0 Å². The highest BCUT2D eigenvalue weighted by Crippen LogP contribution is 2.36. The van der Waals surface area contributed by atoms with Gasteiger partial charge in [0.25, 0.3) is 11.8 Å². The molecule has 3 aromatic rings. The van der Waals surface area contributed by atoms with Crippen LogP contribution in [-0.4, -0.2) is 11.8 Å². The van der Waals surface area contributed by atoms with Crippen molar-refractivity contribution in [2.24, 2.45) is 0 Å². The summed E-state index contributed by atoms with van der Waals surface area (Å²) in [4.78, 5) is 28.0. The molecule has 0 radical (unpaired) electrons. The van der Waals surface area contributed by atoms with Crippen LogP contribution in [0.5, 0.6) is 0 Å². The molecule has 156 valence electrons. The molecule has 1 aliphatic rings. The Kier molecular flexibility index (Phi) is 5.56. The molecule has 1 aliphatic heterocycles. The van der Waals surface area contributed by atoms with E-state index in [1.165, 1.54) is 24.3 Å². The lowest BCUT2D eigenvalue weighted by atomic mass is 10.0. The van der Waals surface area contributed by atoms with Crippen molar-refractivity contribution in [2.75, 3.05) is 10.2 Å². The summed E-state index contributed by atoms with van der Waals surface area (Å²) in [6.07, 6.45) is 0. The van der Waals surface area contributed by atoms with Crippen LogP contribution in [0.2, 0.25) is 10.0 Å². The molecular formula is C24H17Cl2FN2O2. The third kappa shape index (κ3) is 3.94. The fourth-order valence-corrected chi connectivity index (χ4v) is 3.88. The molecule has 7 heteroatoms. The van der Waals surface area contributed by atoms with Crippen LogP contribution < -0.4 is 10.2 Å². The summed E-state index contributed by atoms with van der Waals surface area (Å²) < 4.78 is 13.5. The normalized spacial score (nSPS) is 13.9. The predicted octanol–water partition coefficient (Wildman–Crippen LogP) is 6.15. The number of imide groups is 1. The molecule has 0 aliphatic carbocycles.